The lowest BCUT2D eigenvalue weighted by atomic mass is 11.1. The normalized spacial score (nSPS) is 8.22. The zero-order valence-electron chi connectivity index (χ0n) is 4.30. The number of hydrogen-bond donors (Lipinski definition) is 2. The molecule has 0 aliphatic rings. The van der Waals surface area contributed by atoms with Crippen LogP contribution in [0.15, 0.2) is 11.6 Å². The fourth-order valence-corrected chi connectivity index (χ4v) is 0.408. The third-order valence-electron chi connectivity index (χ3n) is 0.283. The van der Waals surface area contributed by atoms with Crippen molar-refractivity contribution in [2.45, 2.75) is 0 Å². The average molecular weight is 167 g/mol. The van der Waals surface area contributed by atoms with Gasteiger partial charge in [0.2, 0.25) is 0 Å². The van der Waals surface area contributed by atoms with Gasteiger partial charge in [-0.3, -0.25) is 0 Å². The van der Waals surface area contributed by atoms with Crippen molar-refractivity contribution in [3.05, 3.63) is 11.6 Å². The Hall–Kier alpha value is -0.530. The predicted molar refractivity (Wildman–Crippen MR) is 34.4 cm³/mol. The van der Waals surface area contributed by atoms with Crippen LogP contribution < -0.4 is 5.14 Å². The van der Waals surface area contributed by atoms with Gasteiger partial charge in [0.15, 0.2) is 10.9 Å². The summed E-state index contributed by atoms with van der Waals surface area (Å²) in [5, 5.41) is 9.38. The second kappa shape index (κ2) is 5.60. The van der Waals surface area contributed by atoms with Gasteiger partial charge in [-0.05, 0) is 11.5 Å². The molecule has 1 aromatic heterocycles. The van der Waals surface area contributed by atoms with Gasteiger partial charge < -0.3 is 0 Å². The minimum atomic E-state index is -2.62. The molecule has 1 rings (SSSR count). The lowest BCUT2D eigenvalue weighted by Gasteiger charge is -1.44. The third kappa shape index (κ3) is 11.2. The molecule has 52 valence electrons. The first kappa shape index (κ1) is 8.47. The SMILES string of the molecule is N[SH](=O)=O.c1csnn1. The summed E-state index contributed by atoms with van der Waals surface area (Å²) >= 11 is 1.35. The van der Waals surface area contributed by atoms with E-state index in [0.717, 1.165) is 0 Å². The molecule has 1 aromatic rings. The molecule has 0 atom stereocenters. The van der Waals surface area contributed by atoms with Gasteiger partial charge in [-0.1, -0.05) is 4.49 Å². The zero-order chi connectivity index (χ0) is 7.11. The van der Waals surface area contributed by atoms with Gasteiger partial charge in [-0.25, -0.2) is 13.6 Å². The summed E-state index contributed by atoms with van der Waals surface area (Å²) in [7, 11) is -2.62. The average Bonchev–Trinajstić information content (AvgIpc) is 2.11. The molecule has 2 N–H and O–H groups in total. The summed E-state index contributed by atoms with van der Waals surface area (Å²) in [6, 6.07) is 0. The minimum Gasteiger partial charge on any atom is -0.231 e. The quantitative estimate of drug-likeness (QED) is 0.486. The van der Waals surface area contributed by atoms with E-state index in [4.69, 9.17) is 8.42 Å². The Bertz CT molecular complexity index is 168. The first-order valence-corrected chi connectivity index (χ1v) is 3.92. The van der Waals surface area contributed by atoms with E-state index in [1.54, 1.807) is 6.20 Å². The van der Waals surface area contributed by atoms with Crippen LogP contribution in [0.25, 0.3) is 0 Å². The lowest BCUT2D eigenvalue weighted by Crippen LogP contribution is -1.85. The topological polar surface area (TPSA) is 85.9 Å². The van der Waals surface area contributed by atoms with Crippen molar-refractivity contribution in [3.8, 4) is 0 Å². The van der Waals surface area contributed by atoms with Crippen LogP contribution in [0.5, 0.6) is 0 Å². The summed E-state index contributed by atoms with van der Waals surface area (Å²) in [6.07, 6.45) is 1.66. The van der Waals surface area contributed by atoms with E-state index in [-0.39, 0.29) is 0 Å². The molecule has 0 saturated carbocycles. The van der Waals surface area contributed by atoms with Gasteiger partial charge in [-0.15, -0.1) is 5.10 Å². The van der Waals surface area contributed by atoms with Crippen LogP contribution in [0.2, 0.25) is 0 Å². The van der Waals surface area contributed by atoms with Gasteiger partial charge in [-0.2, -0.15) is 0 Å². The molecule has 0 aliphatic heterocycles. The number of thiol groups is 1. The molecule has 1 heterocycles. The molecule has 0 saturated heterocycles. The van der Waals surface area contributed by atoms with Gasteiger partial charge in [0.05, 0.1) is 6.20 Å². The van der Waals surface area contributed by atoms with Crippen LogP contribution >= 0.6 is 11.5 Å². The highest BCUT2D eigenvalue weighted by Crippen LogP contribution is 1.78. The van der Waals surface area contributed by atoms with E-state index >= 15 is 0 Å². The van der Waals surface area contributed by atoms with Crippen LogP contribution in [0, 0.1) is 0 Å². The number of hydrogen-bond acceptors (Lipinski definition) is 5. The van der Waals surface area contributed by atoms with Crippen molar-refractivity contribution in [2.75, 3.05) is 0 Å². The summed E-state index contributed by atoms with van der Waals surface area (Å²) in [6.45, 7) is 0. The Kier molecular flexibility index (Phi) is 5.27. The molecule has 0 fully saturated rings. The van der Waals surface area contributed by atoms with E-state index in [0.29, 0.717) is 0 Å². The maximum absolute atomic E-state index is 8.81. The molecule has 0 bridgehead atoms. The fraction of sp³-hybridized carbons (Fsp3) is 0. The van der Waals surface area contributed by atoms with E-state index in [1.165, 1.54) is 11.5 Å². The smallest absolute Gasteiger partial charge is 0.198 e. The first-order valence-electron chi connectivity index (χ1n) is 1.83. The Morgan fingerprint density at radius 2 is 2.11 bits per heavy atom. The Morgan fingerprint density at radius 1 is 1.56 bits per heavy atom. The van der Waals surface area contributed by atoms with Crippen molar-refractivity contribution in [1.29, 1.82) is 0 Å². The summed E-state index contributed by atoms with van der Waals surface area (Å²) < 4.78 is 21.1. The maximum Gasteiger partial charge on any atom is 0.198 e. The van der Waals surface area contributed by atoms with Crippen LogP contribution in [-0.4, -0.2) is 18.0 Å². The second-order valence-electron chi connectivity index (χ2n) is 0.873. The van der Waals surface area contributed by atoms with Crippen molar-refractivity contribution < 1.29 is 8.42 Å². The Morgan fingerprint density at radius 3 is 2.22 bits per heavy atom. The molecule has 0 radical (unpaired) electrons. The third-order valence-corrected chi connectivity index (χ3v) is 0.715. The van der Waals surface area contributed by atoms with Crippen LogP contribution in [-0.2, 0) is 10.9 Å². The molecular formula is C2H5N3O2S2. The van der Waals surface area contributed by atoms with E-state index in [2.05, 4.69) is 14.7 Å². The molecule has 7 heteroatoms. The highest BCUT2D eigenvalue weighted by Gasteiger charge is 1.61. The van der Waals surface area contributed by atoms with Crippen LogP contribution in [0.1, 0.15) is 0 Å². The van der Waals surface area contributed by atoms with Gasteiger partial charge in [0.1, 0.15) is 0 Å². The lowest BCUT2D eigenvalue weighted by molar-refractivity contribution is 0.616. The molecule has 0 spiro atoms. The highest BCUT2D eigenvalue weighted by atomic mass is 32.2. The zero-order valence-corrected chi connectivity index (χ0v) is 6.01. The standard InChI is InChI=1S/C2H2N2S.H3NO2S/c1-2-5-4-3-1;1-4(2)3/h1-2H;4H,(H2,1,2,3). The number of aromatic nitrogens is 2. The van der Waals surface area contributed by atoms with Crippen LogP contribution in [0.3, 0.4) is 0 Å². The van der Waals surface area contributed by atoms with E-state index < -0.39 is 10.9 Å². The van der Waals surface area contributed by atoms with Gasteiger partial charge in [0.25, 0.3) is 0 Å². The van der Waals surface area contributed by atoms with Crippen LogP contribution in [0.4, 0.5) is 0 Å². The number of nitrogens with two attached hydrogens (primary N) is 1. The molecule has 0 unspecified atom stereocenters. The number of nitrogens with zero attached hydrogens (tertiary/aromatic N) is 2. The highest BCUT2D eigenvalue weighted by molar-refractivity contribution is 7.69. The molecule has 9 heavy (non-hydrogen) atoms. The van der Waals surface area contributed by atoms with E-state index in [1.807, 2.05) is 5.38 Å². The minimum absolute atomic E-state index is 1.35. The largest absolute Gasteiger partial charge is 0.231 e. The summed E-state index contributed by atoms with van der Waals surface area (Å²) in [5.41, 5.74) is 0. The number of rotatable bonds is 0. The molecule has 0 aliphatic carbocycles. The molecule has 0 amide bonds. The van der Waals surface area contributed by atoms with Crippen molar-refractivity contribution >= 4 is 22.4 Å². The Balaban J connectivity index is 0.000000148. The summed E-state index contributed by atoms with van der Waals surface area (Å²) in [5.74, 6) is 0. The van der Waals surface area contributed by atoms with E-state index in [9.17, 15) is 0 Å². The van der Waals surface area contributed by atoms with Crippen molar-refractivity contribution in [1.82, 2.24) is 9.59 Å². The molecule has 5 nitrogen and oxygen atoms in total. The second-order valence-corrected chi connectivity index (χ2v) is 2.09. The molecule has 0 aromatic carbocycles. The molecular weight excluding hydrogens is 162 g/mol. The summed E-state index contributed by atoms with van der Waals surface area (Å²) in [4.78, 5) is 0. The predicted octanol–water partition coefficient (Wildman–Crippen LogP) is -0.990. The van der Waals surface area contributed by atoms with Gasteiger partial charge >= 0.3 is 0 Å². The fourth-order valence-electron chi connectivity index (χ4n) is 0.136. The first-order chi connectivity index (χ1) is 4.23. The van der Waals surface area contributed by atoms with Crippen molar-refractivity contribution in [2.24, 2.45) is 5.14 Å². The Labute approximate surface area is 57.8 Å². The van der Waals surface area contributed by atoms with Crippen molar-refractivity contribution in [3.63, 3.8) is 0 Å². The van der Waals surface area contributed by atoms with Gasteiger partial charge in [0, 0.05) is 5.38 Å². The monoisotopic (exact) mass is 167 g/mol. The maximum atomic E-state index is 8.81.